The highest BCUT2D eigenvalue weighted by molar-refractivity contribution is 5.33. The summed E-state index contributed by atoms with van der Waals surface area (Å²) in [7, 11) is 0. The zero-order valence-corrected chi connectivity index (χ0v) is 13.2. The van der Waals surface area contributed by atoms with Crippen molar-refractivity contribution >= 4 is 0 Å². The van der Waals surface area contributed by atoms with Crippen LogP contribution in [0.2, 0.25) is 0 Å². The Labute approximate surface area is 124 Å². The fraction of sp³-hybridized carbons (Fsp3) is 0.667. The van der Waals surface area contributed by atoms with E-state index in [0.29, 0.717) is 0 Å². The molecule has 0 saturated carbocycles. The Kier molecular flexibility index (Phi) is 9.14. The van der Waals surface area contributed by atoms with Gasteiger partial charge in [0.05, 0.1) is 6.61 Å². The smallest absolute Gasteiger partial charge is 0.122 e. The summed E-state index contributed by atoms with van der Waals surface area (Å²) in [6.07, 6.45) is 10.1. The fourth-order valence-corrected chi connectivity index (χ4v) is 2.40. The summed E-state index contributed by atoms with van der Waals surface area (Å²) in [5.41, 5.74) is 7.10. The number of ether oxygens (including phenoxy) is 1. The van der Waals surface area contributed by atoms with E-state index in [9.17, 15) is 0 Å². The van der Waals surface area contributed by atoms with Gasteiger partial charge in [-0.1, -0.05) is 63.6 Å². The molecule has 0 bridgehead atoms. The van der Waals surface area contributed by atoms with E-state index in [4.69, 9.17) is 10.5 Å². The molecule has 2 heteroatoms. The average molecular weight is 277 g/mol. The van der Waals surface area contributed by atoms with Crippen molar-refractivity contribution < 1.29 is 4.74 Å². The molecule has 114 valence electrons. The number of hydrogen-bond acceptors (Lipinski definition) is 2. The summed E-state index contributed by atoms with van der Waals surface area (Å²) in [6, 6.07) is 8.43. The molecule has 0 aliphatic heterocycles. The second-order valence-corrected chi connectivity index (χ2v) is 5.76. The van der Waals surface area contributed by atoms with Crippen molar-refractivity contribution in [1.29, 1.82) is 0 Å². The van der Waals surface area contributed by atoms with Crippen LogP contribution in [0.5, 0.6) is 5.75 Å². The van der Waals surface area contributed by atoms with E-state index in [0.717, 1.165) is 25.2 Å². The number of unbranched alkanes of at least 4 members (excludes halogenated alkanes) is 6. The minimum absolute atomic E-state index is 0.179. The summed E-state index contributed by atoms with van der Waals surface area (Å²) >= 11 is 0. The van der Waals surface area contributed by atoms with E-state index in [1.54, 1.807) is 0 Å². The average Bonchev–Trinajstić information content (AvgIpc) is 2.43. The van der Waals surface area contributed by atoms with Gasteiger partial charge in [-0.15, -0.1) is 0 Å². The van der Waals surface area contributed by atoms with Crippen molar-refractivity contribution in [2.24, 2.45) is 5.73 Å². The lowest BCUT2D eigenvalue weighted by Crippen LogP contribution is -2.18. The Bertz CT molecular complexity index is 349. The normalized spacial score (nSPS) is 12.3. The van der Waals surface area contributed by atoms with Crippen molar-refractivity contribution in [2.75, 3.05) is 6.61 Å². The molecule has 2 nitrogen and oxygen atoms in total. The van der Waals surface area contributed by atoms with Gasteiger partial charge in [-0.05, 0) is 31.4 Å². The first kappa shape index (κ1) is 17.0. The first-order valence-corrected chi connectivity index (χ1v) is 8.20. The van der Waals surface area contributed by atoms with Gasteiger partial charge in [0.1, 0.15) is 5.75 Å². The second kappa shape index (κ2) is 10.7. The highest BCUT2D eigenvalue weighted by Crippen LogP contribution is 2.19. The van der Waals surface area contributed by atoms with Gasteiger partial charge in [-0.25, -0.2) is 0 Å². The lowest BCUT2D eigenvalue weighted by Gasteiger charge is -2.13. The van der Waals surface area contributed by atoms with Crippen LogP contribution in [0.3, 0.4) is 0 Å². The minimum atomic E-state index is 0.179. The number of benzene rings is 1. The molecule has 2 N–H and O–H groups in total. The van der Waals surface area contributed by atoms with Crippen LogP contribution in [0.25, 0.3) is 0 Å². The van der Waals surface area contributed by atoms with Gasteiger partial charge < -0.3 is 10.5 Å². The predicted octanol–water partition coefficient (Wildman–Crippen LogP) is 4.71. The van der Waals surface area contributed by atoms with Gasteiger partial charge in [0, 0.05) is 6.04 Å². The molecule has 1 rings (SSSR count). The molecule has 0 aromatic heterocycles. The third-order valence-electron chi connectivity index (χ3n) is 3.52. The summed E-state index contributed by atoms with van der Waals surface area (Å²) in [6.45, 7) is 5.12. The largest absolute Gasteiger partial charge is 0.493 e. The van der Waals surface area contributed by atoms with Crippen LogP contribution in [0.1, 0.15) is 64.4 Å². The Morgan fingerprint density at radius 1 is 1.00 bits per heavy atom. The van der Waals surface area contributed by atoms with Crippen molar-refractivity contribution in [3.63, 3.8) is 0 Å². The molecule has 20 heavy (non-hydrogen) atoms. The molecule has 0 heterocycles. The quantitative estimate of drug-likeness (QED) is 0.595. The number of nitrogens with two attached hydrogens (primary N) is 1. The van der Waals surface area contributed by atoms with Gasteiger partial charge in [-0.2, -0.15) is 0 Å². The number of hydrogen-bond donors (Lipinski definition) is 1. The fourth-order valence-electron chi connectivity index (χ4n) is 2.40. The van der Waals surface area contributed by atoms with Crippen LogP contribution < -0.4 is 10.5 Å². The van der Waals surface area contributed by atoms with Gasteiger partial charge in [0.15, 0.2) is 0 Å². The van der Waals surface area contributed by atoms with Crippen LogP contribution >= 0.6 is 0 Å². The summed E-state index contributed by atoms with van der Waals surface area (Å²) < 4.78 is 5.91. The van der Waals surface area contributed by atoms with Gasteiger partial charge in [0.25, 0.3) is 0 Å². The maximum atomic E-state index is 5.91. The lowest BCUT2D eigenvalue weighted by molar-refractivity contribution is 0.301. The van der Waals surface area contributed by atoms with E-state index in [-0.39, 0.29) is 6.04 Å². The van der Waals surface area contributed by atoms with Crippen LogP contribution in [0, 0.1) is 0 Å². The van der Waals surface area contributed by atoms with Crippen LogP contribution in [0.4, 0.5) is 0 Å². The minimum Gasteiger partial charge on any atom is -0.493 e. The van der Waals surface area contributed by atoms with E-state index < -0.39 is 0 Å². The molecule has 1 atom stereocenters. The van der Waals surface area contributed by atoms with E-state index in [1.807, 2.05) is 13.0 Å². The zero-order chi connectivity index (χ0) is 14.6. The Hall–Kier alpha value is -1.02. The Balaban J connectivity index is 2.18. The lowest BCUT2D eigenvalue weighted by atomic mass is 10.1. The number of para-hydroxylation sites is 1. The predicted molar refractivity (Wildman–Crippen MR) is 87.3 cm³/mol. The van der Waals surface area contributed by atoms with Gasteiger partial charge in [0.2, 0.25) is 0 Å². The van der Waals surface area contributed by atoms with Crippen molar-refractivity contribution in [3.05, 3.63) is 29.8 Å². The van der Waals surface area contributed by atoms with Crippen LogP contribution in [-0.2, 0) is 6.42 Å². The third kappa shape index (κ3) is 7.54. The van der Waals surface area contributed by atoms with Crippen LogP contribution in [0.15, 0.2) is 24.3 Å². The zero-order valence-electron chi connectivity index (χ0n) is 13.2. The molecule has 0 aliphatic rings. The molecule has 1 unspecified atom stereocenters. The highest BCUT2D eigenvalue weighted by Gasteiger charge is 2.05. The van der Waals surface area contributed by atoms with Gasteiger partial charge in [-0.3, -0.25) is 0 Å². The first-order valence-electron chi connectivity index (χ1n) is 8.20. The highest BCUT2D eigenvalue weighted by atomic mass is 16.5. The topological polar surface area (TPSA) is 35.2 Å². The molecule has 0 radical (unpaired) electrons. The summed E-state index contributed by atoms with van der Waals surface area (Å²) in [4.78, 5) is 0. The molecule has 0 fully saturated rings. The van der Waals surface area contributed by atoms with E-state index in [2.05, 4.69) is 25.1 Å². The maximum absolute atomic E-state index is 5.91. The molecule has 0 amide bonds. The monoisotopic (exact) mass is 277 g/mol. The molecule has 0 spiro atoms. The van der Waals surface area contributed by atoms with E-state index in [1.165, 1.54) is 44.1 Å². The third-order valence-corrected chi connectivity index (χ3v) is 3.52. The van der Waals surface area contributed by atoms with E-state index >= 15 is 0 Å². The van der Waals surface area contributed by atoms with Crippen molar-refractivity contribution in [3.8, 4) is 5.75 Å². The second-order valence-electron chi connectivity index (χ2n) is 5.76. The Morgan fingerprint density at radius 2 is 1.65 bits per heavy atom. The standard InChI is InChI=1S/C18H31NO/c1-3-4-5-6-7-8-11-14-20-18-13-10-9-12-17(18)15-16(2)19/h9-10,12-13,16H,3-8,11,14-15,19H2,1-2H3. The summed E-state index contributed by atoms with van der Waals surface area (Å²) in [5, 5.41) is 0. The van der Waals surface area contributed by atoms with Crippen LogP contribution in [-0.4, -0.2) is 12.6 Å². The van der Waals surface area contributed by atoms with Gasteiger partial charge >= 0.3 is 0 Å². The molecular weight excluding hydrogens is 246 g/mol. The summed E-state index contributed by atoms with van der Waals surface area (Å²) in [5.74, 6) is 1.01. The molecule has 0 saturated heterocycles. The van der Waals surface area contributed by atoms with Crippen molar-refractivity contribution in [1.82, 2.24) is 0 Å². The molecule has 1 aromatic rings. The molecule has 1 aromatic carbocycles. The molecular formula is C18H31NO. The van der Waals surface area contributed by atoms with Crippen molar-refractivity contribution in [2.45, 2.75) is 71.3 Å². The maximum Gasteiger partial charge on any atom is 0.122 e. The first-order chi connectivity index (χ1) is 9.74. The SMILES string of the molecule is CCCCCCCCCOc1ccccc1CC(C)N. The Morgan fingerprint density at radius 3 is 2.35 bits per heavy atom. The number of rotatable bonds is 11. The molecule has 0 aliphatic carbocycles.